The highest BCUT2D eigenvalue weighted by atomic mass is 35.5. The van der Waals surface area contributed by atoms with Gasteiger partial charge in [0.2, 0.25) is 0 Å². The topological polar surface area (TPSA) is 78.8 Å². The van der Waals surface area contributed by atoms with E-state index >= 15 is 0 Å². The van der Waals surface area contributed by atoms with Crippen molar-refractivity contribution in [3.63, 3.8) is 0 Å². The molecule has 4 aromatic rings. The Labute approximate surface area is 223 Å². The minimum Gasteiger partial charge on any atom is -0.478 e. The number of carbonyl (C=O) groups is 1. The van der Waals surface area contributed by atoms with Crippen LogP contribution < -0.4 is 10.1 Å². The molecule has 2 atom stereocenters. The Hall–Kier alpha value is -3.64. The fourth-order valence-corrected chi connectivity index (χ4v) is 4.76. The zero-order chi connectivity index (χ0) is 24.9. The van der Waals surface area contributed by atoms with Crippen LogP contribution in [0.15, 0.2) is 97.1 Å². The molecule has 0 fully saturated rings. The van der Waals surface area contributed by atoms with Crippen LogP contribution >= 0.6 is 12.4 Å². The third-order valence-electron chi connectivity index (χ3n) is 6.74. The Balaban J connectivity index is 0.00000320. The summed E-state index contributed by atoms with van der Waals surface area (Å²) in [5.41, 5.74) is 5.59. The van der Waals surface area contributed by atoms with E-state index in [4.69, 9.17) is 4.74 Å². The lowest BCUT2D eigenvalue weighted by Crippen LogP contribution is -2.37. The fraction of sp³-hybridized carbons (Fsp3) is 0.194. The second kappa shape index (κ2) is 12.1. The van der Waals surface area contributed by atoms with Crippen LogP contribution in [0.1, 0.15) is 39.6 Å². The first-order chi connectivity index (χ1) is 17.6. The number of aryl methyl sites for hydroxylation is 1. The van der Waals surface area contributed by atoms with Crippen molar-refractivity contribution in [1.29, 1.82) is 0 Å². The van der Waals surface area contributed by atoms with Gasteiger partial charge in [-0.2, -0.15) is 0 Å². The summed E-state index contributed by atoms with van der Waals surface area (Å²) in [6.07, 6.45) is 2.35. The number of para-hydroxylation sites is 1. The summed E-state index contributed by atoms with van der Waals surface area (Å²) in [4.78, 5) is 11.8. The summed E-state index contributed by atoms with van der Waals surface area (Å²) in [5.74, 6) is -0.114. The molecule has 6 heteroatoms. The number of hydrogen-bond acceptors (Lipinski definition) is 4. The van der Waals surface area contributed by atoms with Gasteiger partial charge in [0, 0.05) is 12.6 Å². The van der Waals surface area contributed by atoms with E-state index < -0.39 is 12.1 Å². The number of nitrogens with one attached hydrogen (secondary N) is 1. The Morgan fingerprint density at radius 1 is 0.892 bits per heavy atom. The SMILES string of the molecule is Cl.O=C(O)c1ccc(-c2ccc3c(c2)C[C@@H](NC[C@H](O)c2ccccc2)CC3)cc1Oc1ccccc1. The quantitative estimate of drug-likeness (QED) is 0.251. The first-order valence-corrected chi connectivity index (χ1v) is 12.3. The molecule has 3 N–H and O–H groups in total. The summed E-state index contributed by atoms with van der Waals surface area (Å²) >= 11 is 0. The van der Waals surface area contributed by atoms with Crippen LogP contribution in [0.25, 0.3) is 11.1 Å². The maximum Gasteiger partial charge on any atom is 0.339 e. The average molecular weight is 516 g/mol. The minimum atomic E-state index is -1.02. The van der Waals surface area contributed by atoms with Crippen molar-refractivity contribution in [2.75, 3.05) is 6.54 Å². The maximum absolute atomic E-state index is 11.8. The van der Waals surface area contributed by atoms with Crippen molar-refractivity contribution in [1.82, 2.24) is 5.32 Å². The highest BCUT2D eigenvalue weighted by Crippen LogP contribution is 2.33. The molecular weight excluding hydrogens is 486 g/mol. The number of halogens is 1. The molecule has 0 heterocycles. The monoisotopic (exact) mass is 515 g/mol. The van der Waals surface area contributed by atoms with Gasteiger partial charge >= 0.3 is 5.97 Å². The predicted molar refractivity (Wildman–Crippen MR) is 148 cm³/mol. The van der Waals surface area contributed by atoms with E-state index in [0.29, 0.717) is 18.0 Å². The number of benzene rings is 4. The van der Waals surface area contributed by atoms with Gasteiger partial charge in [0.15, 0.2) is 0 Å². The number of hydrogen-bond donors (Lipinski definition) is 3. The summed E-state index contributed by atoms with van der Waals surface area (Å²) in [6.45, 7) is 0.514. The molecule has 0 saturated carbocycles. The number of rotatable bonds is 8. The van der Waals surface area contributed by atoms with E-state index in [9.17, 15) is 15.0 Å². The normalized spacial score (nSPS) is 15.2. The summed E-state index contributed by atoms with van der Waals surface area (Å²) < 4.78 is 5.94. The van der Waals surface area contributed by atoms with Gasteiger partial charge in [0.1, 0.15) is 17.1 Å². The van der Waals surface area contributed by atoms with Crippen LogP contribution in [-0.2, 0) is 12.8 Å². The zero-order valence-electron chi connectivity index (χ0n) is 20.3. The van der Waals surface area contributed by atoms with Crippen molar-refractivity contribution in [3.8, 4) is 22.6 Å². The highest BCUT2D eigenvalue weighted by molar-refractivity contribution is 5.92. The molecule has 4 aromatic carbocycles. The van der Waals surface area contributed by atoms with Crippen molar-refractivity contribution in [2.45, 2.75) is 31.4 Å². The number of carboxylic acid groups (broad SMARTS) is 1. The van der Waals surface area contributed by atoms with Gasteiger partial charge in [-0.25, -0.2) is 4.79 Å². The Morgan fingerprint density at radius 3 is 2.30 bits per heavy atom. The number of ether oxygens (including phenoxy) is 1. The maximum atomic E-state index is 11.8. The first kappa shape index (κ1) is 26.4. The van der Waals surface area contributed by atoms with E-state index in [0.717, 1.165) is 36.0 Å². The lowest BCUT2D eigenvalue weighted by Gasteiger charge is -2.27. The number of aromatic carboxylic acids is 1. The van der Waals surface area contributed by atoms with Crippen molar-refractivity contribution in [2.24, 2.45) is 0 Å². The molecule has 0 aromatic heterocycles. The van der Waals surface area contributed by atoms with Crippen LogP contribution in [0.4, 0.5) is 0 Å². The van der Waals surface area contributed by atoms with Gasteiger partial charge in [-0.1, -0.05) is 72.8 Å². The molecule has 5 nitrogen and oxygen atoms in total. The lowest BCUT2D eigenvalue weighted by molar-refractivity contribution is 0.0694. The Bertz CT molecular complexity index is 1340. The molecular formula is C31H30ClNO4. The first-order valence-electron chi connectivity index (χ1n) is 12.3. The van der Waals surface area contributed by atoms with Crippen molar-refractivity contribution >= 4 is 18.4 Å². The molecule has 190 valence electrons. The van der Waals surface area contributed by atoms with Crippen LogP contribution in [0.5, 0.6) is 11.5 Å². The van der Waals surface area contributed by atoms with E-state index in [-0.39, 0.29) is 24.0 Å². The molecule has 0 spiro atoms. The van der Waals surface area contributed by atoms with E-state index in [1.165, 1.54) is 11.1 Å². The van der Waals surface area contributed by atoms with Gasteiger partial charge in [-0.15, -0.1) is 12.4 Å². The van der Waals surface area contributed by atoms with Gasteiger partial charge < -0.3 is 20.3 Å². The van der Waals surface area contributed by atoms with Gasteiger partial charge in [-0.05, 0) is 71.3 Å². The Morgan fingerprint density at radius 2 is 1.57 bits per heavy atom. The number of aliphatic hydroxyl groups excluding tert-OH is 1. The lowest BCUT2D eigenvalue weighted by atomic mass is 9.86. The second-order valence-electron chi connectivity index (χ2n) is 9.19. The predicted octanol–water partition coefficient (Wildman–Crippen LogP) is 6.45. The molecule has 5 rings (SSSR count). The molecule has 1 aliphatic rings. The average Bonchev–Trinajstić information content (AvgIpc) is 2.92. The van der Waals surface area contributed by atoms with Crippen molar-refractivity contribution < 1.29 is 19.7 Å². The van der Waals surface area contributed by atoms with Crippen LogP contribution in [0.3, 0.4) is 0 Å². The molecule has 1 aliphatic carbocycles. The molecule has 0 bridgehead atoms. The summed E-state index contributed by atoms with van der Waals surface area (Å²) in [7, 11) is 0. The standard InChI is InChI=1S/C31H29NO4.ClH/c33-29(22-7-3-1-4-8-22)20-32-26-15-13-21-11-12-23(17-25(21)18-26)24-14-16-28(31(34)35)30(19-24)36-27-9-5-2-6-10-27;/h1-12,14,16-17,19,26,29,32-33H,13,15,18,20H2,(H,34,35);1H/t26-,29-;/m0./s1. The molecule has 37 heavy (non-hydrogen) atoms. The Kier molecular flexibility index (Phi) is 8.62. The zero-order valence-corrected chi connectivity index (χ0v) is 21.2. The van der Waals surface area contributed by atoms with Gasteiger partial charge in [0.25, 0.3) is 0 Å². The molecule has 0 saturated heterocycles. The number of carboxylic acids is 1. The van der Waals surface area contributed by atoms with Crippen LogP contribution in [-0.4, -0.2) is 28.8 Å². The molecule has 0 aliphatic heterocycles. The molecule has 0 amide bonds. The smallest absolute Gasteiger partial charge is 0.339 e. The third kappa shape index (κ3) is 6.38. The van der Waals surface area contributed by atoms with Crippen LogP contribution in [0, 0.1) is 0 Å². The van der Waals surface area contributed by atoms with E-state index in [1.807, 2.05) is 54.6 Å². The fourth-order valence-electron chi connectivity index (χ4n) is 4.76. The highest BCUT2D eigenvalue weighted by Gasteiger charge is 2.21. The molecule has 0 radical (unpaired) electrons. The van der Waals surface area contributed by atoms with E-state index in [2.05, 4.69) is 23.5 Å². The summed E-state index contributed by atoms with van der Waals surface area (Å²) in [6, 6.07) is 30.9. The molecule has 0 unspecified atom stereocenters. The third-order valence-corrected chi connectivity index (χ3v) is 6.74. The number of aliphatic hydroxyl groups is 1. The van der Waals surface area contributed by atoms with Crippen LogP contribution in [0.2, 0.25) is 0 Å². The largest absolute Gasteiger partial charge is 0.478 e. The summed E-state index contributed by atoms with van der Waals surface area (Å²) in [5, 5.41) is 23.7. The second-order valence-corrected chi connectivity index (χ2v) is 9.19. The van der Waals surface area contributed by atoms with Crippen molar-refractivity contribution in [3.05, 3.63) is 119 Å². The van der Waals surface area contributed by atoms with Gasteiger partial charge in [0.05, 0.1) is 6.10 Å². The van der Waals surface area contributed by atoms with E-state index in [1.54, 1.807) is 24.3 Å². The number of fused-ring (bicyclic) bond motifs is 1. The van der Waals surface area contributed by atoms with Gasteiger partial charge in [-0.3, -0.25) is 0 Å². The minimum absolute atomic E-state index is 0.